The van der Waals surface area contributed by atoms with Crippen LogP contribution in [0.1, 0.15) is 21.9 Å². The number of morpholine rings is 1. The smallest absolute Gasteiger partial charge is 0.291 e. The van der Waals surface area contributed by atoms with E-state index in [4.69, 9.17) is 9.15 Å². The Hall–Kier alpha value is -2.54. The second kappa shape index (κ2) is 9.78. The summed E-state index contributed by atoms with van der Waals surface area (Å²) in [6.07, 6.45) is 0. The molecule has 5 nitrogen and oxygen atoms in total. The van der Waals surface area contributed by atoms with E-state index in [1.807, 2.05) is 42.5 Å². The van der Waals surface area contributed by atoms with E-state index in [2.05, 4.69) is 28.4 Å². The number of amides is 1. The quantitative estimate of drug-likeness (QED) is 0.577. The number of para-hydroxylation sites is 1. The maximum atomic E-state index is 12.7. The molecule has 1 N–H and O–H groups in total. The number of anilines is 1. The second-order valence-electron chi connectivity index (χ2n) is 6.87. The van der Waals surface area contributed by atoms with E-state index < -0.39 is 0 Å². The van der Waals surface area contributed by atoms with Crippen molar-refractivity contribution in [3.05, 3.63) is 83.8 Å². The molecule has 1 saturated heterocycles. The minimum Gasteiger partial charge on any atom is -0.455 e. The fraction of sp³-hybridized carbons (Fsp3) is 0.261. The Labute approximate surface area is 175 Å². The van der Waals surface area contributed by atoms with Gasteiger partial charge in [-0.3, -0.25) is 9.69 Å². The molecule has 1 aliphatic heterocycles. The Bertz CT molecular complexity index is 936. The molecule has 1 aromatic heterocycles. The molecule has 3 aromatic rings. The molecule has 0 aliphatic carbocycles. The Morgan fingerprint density at radius 3 is 2.55 bits per heavy atom. The predicted octanol–water partition coefficient (Wildman–Crippen LogP) is 4.66. The molecule has 0 radical (unpaired) electrons. The first-order valence-corrected chi connectivity index (χ1v) is 10.7. The van der Waals surface area contributed by atoms with Crippen LogP contribution in [0.2, 0.25) is 0 Å². The predicted molar refractivity (Wildman–Crippen MR) is 115 cm³/mol. The highest BCUT2D eigenvalue weighted by Gasteiger charge is 2.16. The molecule has 2 heterocycles. The van der Waals surface area contributed by atoms with Gasteiger partial charge in [-0.15, -0.1) is 11.8 Å². The minimum absolute atomic E-state index is 0.226. The average Bonchev–Trinajstić information content (AvgIpc) is 3.24. The van der Waals surface area contributed by atoms with Crippen LogP contribution in [-0.2, 0) is 17.0 Å². The Morgan fingerprint density at radius 1 is 0.966 bits per heavy atom. The lowest BCUT2D eigenvalue weighted by Crippen LogP contribution is -2.35. The van der Waals surface area contributed by atoms with Crippen LogP contribution in [0.3, 0.4) is 0 Å². The molecule has 6 heteroatoms. The number of carbonyl (C=O) groups is 1. The van der Waals surface area contributed by atoms with Crippen molar-refractivity contribution in [2.45, 2.75) is 17.2 Å². The Morgan fingerprint density at radius 2 is 1.72 bits per heavy atom. The van der Waals surface area contributed by atoms with Crippen LogP contribution in [-0.4, -0.2) is 37.1 Å². The monoisotopic (exact) mass is 408 g/mol. The van der Waals surface area contributed by atoms with E-state index >= 15 is 0 Å². The van der Waals surface area contributed by atoms with E-state index in [1.54, 1.807) is 17.8 Å². The van der Waals surface area contributed by atoms with Gasteiger partial charge in [-0.05, 0) is 35.9 Å². The van der Waals surface area contributed by atoms with Crippen LogP contribution < -0.4 is 5.32 Å². The molecule has 0 unspecified atom stereocenters. The topological polar surface area (TPSA) is 54.7 Å². The van der Waals surface area contributed by atoms with E-state index in [0.29, 0.717) is 11.5 Å². The summed E-state index contributed by atoms with van der Waals surface area (Å²) in [5.41, 5.74) is 1.91. The summed E-state index contributed by atoms with van der Waals surface area (Å²) in [6, 6.07) is 21.7. The van der Waals surface area contributed by atoms with Gasteiger partial charge in [-0.25, -0.2) is 0 Å². The molecule has 0 bridgehead atoms. The lowest BCUT2D eigenvalue weighted by Gasteiger charge is -2.27. The van der Waals surface area contributed by atoms with Gasteiger partial charge in [0, 0.05) is 30.2 Å². The molecule has 0 saturated carbocycles. The van der Waals surface area contributed by atoms with Crippen LogP contribution in [0.5, 0.6) is 0 Å². The van der Waals surface area contributed by atoms with Gasteiger partial charge in [0.2, 0.25) is 0 Å². The molecular formula is C23H24N2O3S. The molecular weight excluding hydrogens is 384 g/mol. The molecule has 150 valence electrons. The zero-order chi connectivity index (χ0) is 19.9. The van der Waals surface area contributed by atoms with Gasteiger partial charge in [0.25, 0.3) is 5.91 Å². The molecule has 1 fully saturated rings. The third kappa shape index (κ3) is 5.50. The summed E-state index contributed by atoms with van der Waals surface area (Å²) in [6.45, 7) is 4.11. The normalized spacial score (nSPS) is 14.6. The lowest BCUT2D eigenvalue weighted by atomic mass is 10.1. The van der Waals surface area contributed by atoms with Gasteiger partial charge in [-0.2, -0.15) is 0 Å². The average molecular weight is 409 g/mol. The zero-order valence-corrected chi connectivity index (χ0v) is 17.0. The molecule has 1 aliphatic rings. The van der Waals surface area contributed by atoms with Crippen LogP contribution in [0.25, 0.3) is 0 Å². The Kier molecular flexibility index (Phi) is 6.67. The number of nitrogens with one attached hydrogen (secondary N) is 1. The van der Waals surface area contributed by atoms with Gasteiger partial charge < -0.3 is 14.5 Å². The third-order valence-electron chi connectivity index (χ3n) is 4.77. The summed E-state index contributed by atoms with van der Waals surface area (Å²) < 4.78 is 11.2. The highest BCUT2D eigenvalue weighted by molar-refractivity contribution is 7.98. The first kappa shape index (κ1) is 19.8. The largest absolute Gasteiger partial charge is 0.455 e. The van der Waals surface area contributed by atoms with Crippen LogP contribution in [0.15, 0.2) is 76.0 Å². The second-order valence-corrected chi connectivity index (χ2v) is 7.92. The van der Waals surface area contributed by atoms with Crippen LogP contribution >= 0.6 is 11.8 Å². The van der Waals surface area contributed by atoms with Crippen molar-refractivity contribution in [2.75, 3.05) is 31.6 Å². The SMILES string of the molecule is O=C(Nc1ccccc1CN1CCOCC1)c1ccc(CSc2ccccc2)o1. The Balaban J connectivity index is 1.37. The van der Waals surface area contributed by atoms with Gasteiger partial charge in [0.1, 0.15) is 5.76 Å². The zero-order valence-electron chi connectivity index (χ0n) is 16.2. The van der Waals surface area contributed by atoms with Gasteiger partial charge >= 0.3 is 0 Å². The molecule has 1 amide bonds. The lowest BCUT2D eigenvalue weighted by molar-refractivity contribution is 0.0342. The number of benzene rings is 2. The summed E-state index contributed by atoms with van der Waals surface area (Å²) in [5.74, 6) is 1.57. The summed E-state index contributed by atoms with van der Waals surface area (Å²) >= 11 is 1.68. The summed E-state index contributed by atoms with van der Waals surface area (Å²) in [4.78, 5) is 16.2. The maximum absolute atomic E-state index is 12.7. The highest BCUT2D eigenvalue weighted by Crippen LogP contribution is 2.24. The number of furan rings is 1. The standard InChI is InChI=1S/C23H24N2O3S/c26-23(22-11-10-19(28-22)17-29-20-7-2-1-3-8-20)24-21-9-5-4-6-18(21)16-25-12-14-27-15-13-25/h1-11H,12-17H2,(H,24,26). The van der Waals surface area contributed by atoms with Gasteiger partial charge in [0.15, 0.2) is 5.76 Å². The molecule has 0 spiro atoms. The van der Waals surface area contributed by atoms with Crippen molar-refractivity contribution in [1.82, 2.24) is 4.90 Å². The number of carbonyl (C=O) groups excluding carboxylic acids is 1. The number of nitrogens with zero attached hydrogens (tertiary/aromatic N) is 1. The van der Waals surface area contributed by atoms with Gasteiger partial charge in [-0.1, -0.05) is 36.4 Å². The van der Waals surface area contributed by atoms with E-state index in [9.17, 15) is 4.79 Å². The fourth-order valence-corrected chi connectivity index (χ4v) is 4.03. The number of hydrogen-bond donors (Lipinski definition) is 1. The number of rotatable bonds is 7. The summed E-state index contributed by atoms with van der Waals surface area (Å²) in [7, 11) is 0. The van der Waals surface area contributed by atoms with Crippen molar-refractivity contribution in [3.8, 4) is 0 Å². The van der Waals surface area contributed by atoms with Crippen molar-refractivity contribution in [2.24, 2.45) is 0 Å². The van der Waals surface area contributed by atoms with Gasteiger partial charge in [0.05, 0.1) is 19.0 Å². The fourth-order valence-electron chi connectivity index (χ4n) is 3.21. The van der Waals surface area contributed by atoms with Crippen LogP contribution in [0.4, 0.5) is 5.69 Å². The highest BCUT2D eigenvalue weighted by atomic mass is 32.2. The van der Waals surface area contributed by atoms with E-state index in [1.165, 1.54) is 4.90 Å². The van der Waals surface area contributed by atoms with Crippen LogP contribution in [0, 0.1) is 0 Å². The third-order valence-corrected chi connectivity index (χ3v) is 5.81. The molecule has 4 rings (SSSR count). The van der Waals surface area contributed by atoms with E-state index in [-0.39, 0.29) is 5.91 Å². The summed E-state index contributed by atoms with van der Waals surface area (Å²) in [5, 5.41) is 3.01. The molecule has 0 atom stereocenters. The van der Waals surface area contributed by atoms with Crippen molar-refractivity contribution in [1.29, 1.82) is 0 Å². The van der Waals surface area contributed by atoms with E-state index in [0.717, 1.165) is 49.9 Å². The molecule has 2 aromatic carbocycles. The minimum atomic E-state index is -0.226. The molecule has 29 heavy (non-hydrogen) atoms. The first-order chi connectivity index (χ1) is 14.3. The van der Waals surface area contributed by atoms with Crippen molar-refractivity contribution >= 4 is 23.4 Å². The van der Waals surface area contributed by atoms with Crippen molar-refractivity contribution < 1.29 is 13.9 Å². The van der Waals surface area contributed by atoms with Crippen molar-refractivity contribution in [3.63, 3.8) is 0 Å². The number of hydrogen-bond acceptors (Lipinski definition) is 5. The maximum Gasteiger partial charge on any atom is 0.291 e. The number of thioether (sulfide) groups is 1. The first-order valence-electron chi connectivity index (χ1n) is 9.74. The number of ether oxygens (including phenoxy) is 1.